The van der Waals surface area contributed by atoms with Gasteiger partial charge in [0, 0.05) is 18.6 Å². The van der Waals surface area contributed by atoms with Crippen LogP contribution in [0.2, 0.25) is 0 Å². The standard InChI is InChI=1S/C14H17BrN2S/c1-10-5-4-6-12(7-10)8-18-9-13-14(15)11(2)16-17(13)3/h4-7H,8-9H2,1-3H3. The summed E-state index contributed by atoms with van der Waals surface area (Å²) in [4.78, 5) is 0. The van der Waals surface area contributed by atoms with Crippen molar-refractivity contribution in [2.45, 2.75) is 25.4 Å². The molecular formula is C14H17BrN2S. The van der Waals surface area contributed by atoms with Crippen LogP contribution in [0.3, 0.4) is 0 Å². The molecule has 1 heterocycles. The highest BCUT2D eigenvalue weighted by Gasteiger charge is 2.10. The van der Waals surface area contributed by atoms with Crippen molar-refractivity contribution in [1.29, 1.82) is 0 Å². The minimum Gasteiger partial charge on any atom is -0.270 e. The maximum absolute atomic E-state index is 4.41. The third kappa shape index (κ3) is 3.18. The van der Waals surface area contributed by atoms with Crippen LogP contribution in [0.4, 0.5) is 0 Å². The van der Waals surface area contributed by atoms with E-state index in [0.717, 1.165) is 21.7 Å². The minimum absolute atomic E-state index is 0.978. The van der Waals surface area contributed by atoms with Gasteiger partial charge in [-0.25, -0.2) is 0 Å². The summed E-state index contributed by atoms with van der Waals surface area (Å²) >= 11 is 5.52. The van der Waals surface area contributed by atoms with E-state index in [-0.39, 0.29) is 0 Å². The molecule has 2 aromatic rings. The highest BCUT2D eigenvalue weighted by molar-refractivity contribution is 9.10. The molecular weight excluding hydrogens is 308 g/mol. The maximum atomic E-state index is 4.41. The smallest absolute Gasteiger partial charge is 0.0738 e. The molecule has 0 saturated carbocycles. The summed E-state index contributed by atoms with van der Waals surface area (Å²) < 4.78 is 3.10. The summed E-state index contributed by atoms with van der Waals surface area (Å²) in [5, 5.41) is 4.41. The zero-order valence-electron chi connectivity index (χ0n) is 10.9. The molecule has 0 N–H and O–H groups in total. The average molecular weight is 325 g/mol. The SMILES string of the molecule is Cc1cccc(CSCc2c(Br)c(C)nn2C)c1. The van der Waals surface area contributed by atoms with Gasteiger partial charge in [0.2, 0.25) is 0 Å². The second-order valence-electron chi connectivity index (χ2n) is 4.45. The highest BCUT2D eigenvalue weighted by atomic mass is 79.9. The first kappa shape index (κ1) is 13.7. The van der Waals surface area contributed by atoms with Gasteiger partial charge in [-0.3, -0.25) is 4.68 Å². The van der Waals surface area contributed by atoms with Gasteiger partial charge in [0.1, 0.15) is 0 Å². The molecule has 0 aliphatic carbocycles. The van der Waals surface area contributed by atoms with Gasteiger partial charge in [-0.1, -0.05) is 29.8 Å². The number of rotatable bonds is 4. The lowest BCUT2D eigenvalue weighted by Crippen LogP contribution is -1.97. The van der Waals surface area contributed by atoms with Crippen LogP contribution in [-0.4, -0.2) is 9.78 Å². The molecule has 0 amide bonds. The van der Waals surface area contributed by atoms with Gasteiger partial charge in [-0.15, -0.1) is 0 Å². The summed E-state index contributed by atoms with van der Waals surface area (Å²) in [5.74, 6) is 2.02. The Kier molecular flexibility index (Phi) is 4.51. The minimum atomic E-state index is 0.978. The van der Waals surface area contributed by atoms with E-state index >= 15 is 0 Å². The molecule has 0 fully saturated rings. The Bertz CT molecular complexity index is 549. The van der Waals surface area contributed by atoms with Gasteiger partial charge in [0.15, 0.2) is 0 Å². The molecule has 96 valence electrons. The first-order valence-corrected chi connectivity index (χ1v) is 7.84. The predicted octanol–water partition coefficient (Wildman–Crippen LogP) is 4.23. The lowest BCUT2D eigenvalue weighted by Gasteiger charge is -2.04. The first-order valence-electron chi connectivity index (χ1n) is 5.89. The number of thioether (sulfide) groups is 1. The van der Waals surface area contributed by atoms with Crippen molar-refractivity contribution >= 4 is 27.7 Å². The van der Waals surface area contributed by atoms with Gasteiger partial charge in [-0.05, 0) is 35.3 Å². The first-order chi connectivity index (χ1) is 8.58. The fourth-order valence-electron chi connectivity index (χ4n) is 1.90. The quantitative estimate of drug-likeness (QED) is 0.837. The zero-order valence-corrected chi connectivity index (χ0v) is 13.3. The second kappa shape index (κ2) is 5.93. The number of hydrogen-bond donors (Lipinski definition) is 0. The number of halogens is 1. The number of aryl methyl sites for hydroxylation is 3. The topological polar surface area (TPSA) is 17.8 Å². The van der Waals surface area contributed by atoms with Gasteiger partial charge in [0.25, 0.3) is 0 Å². The summed E-state index contributed by atoms with van der Waals surface area (Å²) in [6.07, 6.45) is 0. The van der Waals surface area contributed by atoms with E-state index in [4.69, 9.17) is 0 Å². The van der Waals surface area contributed by atoms with Crippen LogP contribution in [0.5, 0.6) is 0 Å². The normalized spacial score (nSPS) is 10.9. The number of benzene rings is 1. The van der Waals surface area contributed by atoms with Crippen LogP contribution < -0.4 is 0 Å². The van der Waals surface area contributed by atoms with Crippen molar-refractivity contribution in [1.82, 2.24) is 9.78 Å². The van der Waals surface area contributed by atoms with Crippen molar-refractivity contribution in [3.63, 3.8) is 0 Å². The van der Waals surface area contributed by atoms with Crippen molar-refractivity contribution < 1.29 is 0 Å². The molecule has 0 saturated heterocycles. The van der Waals surface area contributed by atoms with E-state index in [1.165, 1.54) is 16.8 Å². The van der Waals surface area contributed by atoms with Crippen molar-refractivity contribution in [3.8, 4) is 0 Å². The van der Waals surface area contributed by atoms with Crippen LogP contribution in [0.1, 0.15) is 22.5 Å². The largest absolute Gasteiger partial charge is 0.270 e. The number of aromatic nitrogens is 2. The molecule has 2 rings (SSSR count). The van der Waals surface area contributed by atoms with Crippen molar-refractivity contribution in [3.05, 3.63) is 51.3 Å². The molecule has 0 aliphatic heterocycles. The molecule has 0 aliphatic rings. The van der Waals surface area contributed by atoms with Crippen LogP contribution >= 0.6 is 27.7 Å². The molecule has 4 heteroatoms. The molecule has 1 aromatic heterocycles. The Morgan fingerprint density at radius 2 is 2.06 bits per heavy atom. The van der Waals surface area contributed by atoms with Crippen LogP contribution in [0.25, 0.3) is 0 Å². The highest BCUT2D eigenvalue weighted by Crippen LogP contribution is 2.26. The third-order valence-electron chi connectivity index (χ3n) is 2.85. The fraction of sp³-hybridized carbons (Fsp3) is 0.357. The van der Waals surface area contributed by atoms with Crippen molar-refractivity contribution in [2.75, 3.05) is 0 Å². The molecule has 0 bridgehead atoms. The van der Waals surface area contributed by atoms with E-state index in [0.29, 0.717) is 0 Å². The third-order valence-corrected chi connectivity index (χ3v) is 4.90. The summed E-state index contributed by atoms with van der Waals surface area (Å²) in [7, 11) is 2.00. The Morgan fingerprint density at radius 3 is 2.67 bits per heavy atom. The predicted molar refractivity (Wildman–Crippen MR) is 81.8 cm³/mol. The summed E-state index contributed by atoms with van der Waals surface area (Å²) in [6, 6.07) is 8.69. The summed E-state index contributed by atoms with van der Waals surface area (Å²) in [5.41, 5.74) is 5.02. The molecule has 0 spiro atoms. The van der Waals surface area contributed by atoms with Gasteiger partial charge < -0.3 is 0 Å². The zero-order chi connectivity index (χ0) is 13.1. The van der Waals surface area contributed by atoms with Gasteiger partial charge in [-0.2, -0.15) is 16.9 Å². The Morgan fingerprint density at radius 1 is 1.28 bits per heavy atom. The van der Waals surface area contributed by atoms with E-state index in [9.17, 15) is 0 Å². The van der Waals surface area contributed by atoms with E-state index in [1.54, 1.807) is 0 Å². The lowest BCUT2D eigenvalue weighted by atomic mass is 10.2. The van der Waals surface area contributed by atoms with Crippen LogP contribution in [0.15, 0.2) is 28.7 Å². The molecule has 0 unspecified atom stereocenters. The van der Waals surface area contributed by atoms with Crippen molar-refractivity contribution in [2.24, 2.45) is 7.05 Å². The lowest BCUT2D eigenvalue weighted by molar-refractivity contribution is 0.727. The van der Waals surface area contributed by atoms with E-state index < -0.39 is 0 Å². The van der Waals surface area contributed by atoms with Crippen LogP contribution in [0, 0.1) is 13.8 Å². The monoisotopic (exact) mass is 324 g/mol. The number of nitrogens with zero attached hydrogens (tertiary/aromatic N) is 2. The van der Waals surface area contributed by atoms with E-state index in [2.05, 4.69) is 52.2 Å². The Balaban J connectivity index is 1.96. The average Bonchev–Trinajstić information content (AvgIpc) is 2.56. The van der Waals surface area contributed by atoms with Gasteiger partial charge >= 0.3 is 0 Å². The Hall–Kier alpha value is -0.740. The molecule has 0 atom stereocenters. The van der Waals surface area contributed by atoms with E-state index in [1.807, 2.05) is 30.4 Å². The molecule has 2 nitrogen and oxygen atoms in total. The fourth-order valence-corrected chi connectivity index (χ4v) is 3.61. The van der Waals surface area contributed by atoms with Gasteiger partial charge in [0.05, 0.1) is 15.9 Å². The van der Waals surface area contributed by atoms with Crippen LogP contribution in [-0.2, 0) is 18.6 Å². The molecule has 1 aromatic carbocycles. The number of hydrogen-bond acceptors (Lipinski definition) is 2. The summed E-state index contributed by atoms with van der Waals surface area (Å²) in [6.45, 7) is 4.16. The second-order valence-corrected chi connectivity index (χ2v) is 6.23. The maximum Gasteiger partial charge on any atom is 0.0738 e. The molecule has 18 heavy (non-hydrogen) atoms. The Labute approximate surface area is 121 Å². The molecule has 0 radical (unpaired) electrons.